The topological polar surface area (TPSA) is 93.4 Å². The summed E-state index contributed by atoms with van der Waals surface area (Å²) in [4.78, 5) is 24.0. The average molecular weight is 277 g/mol. The van der Waals surface area contributed by atoms with E-state index in [0.29, 0.717) is 18.7 Å². The van der Waals surface area contributed by atoms with Crippen LogP contribution in [-0.4, -0.2) is 37.6 Å². The first-order chi connectivity index (χ1) is 9.54. The van der Waals surface area contributed by atoms with E-state index in [4.69, 9.17) is 10.5 Å². The van der Waals surface area contributed by atoms with E-state index >= 15 is 0 Å². The Bertz CT molecular complexity index is 486. The van der Waals surface area contributed by atoms with Crippen LogP contribution in [0.1, 0.15) is 12.5 Å². The number of carbonyl (C=O) groups excluding carboxylic acids is 2. The number of carbonyl (C=O) groups is 2. The molecule has 0 aromatic heterocycles. The summed E-state index contributed by atoms with van der Waals surface area (Å²) in [5.74, 6) is -0.955. The van der Waals surface area contributed by atoms with Crippen LogP contribution in [0, 0.1) is 0 Å². The molecule has 0 saturated carbocycles. The van der Waals surface area contributed by atoms with Crippen molar-refractivity contribution in [3.8, 4) is 0 Å². The first-order valence-corrected chi connectivity index (χ1v) is 6.54. The minimum atomic E-state index is -1.25. The van der Waals surface area contributed by atoms with Crippen LogP contribution >= 0.6 is 0 Å². The van der Waals surface area contributed by atoms with Crippen molar-refractivity contribution in [1.29, 1.82) is 0 Å². The van der Waals surface area contributed by atoms with Crippen molar-refractivity contribution in [3.63, 3.8) is 0 Å². The molecule has 1 fully saturated rings. The van der Waals surface area contributed by atoms with E-state index in [1.54, 1.807) is 31.2 Å². The molecule has 1 saturated heterocycles. The Balaban J connectivity index is 2.17. The second kappa shape index (κ2) is 6.02. The van der Waals surface area contributed by atoms with Gasteiger partial charge in [0.05, 0.1) is 6.61 Å². The smallest absolute Gasteiger partial charge is 0.251 e. The number of ether oxygens (including phenoxy) is 1. The fourth-order valence-electron chi connectivity index (χ4n) is 2.11. The number of nitrogens with two attached hydrogens (primary N) is 1. The lowest BCUT2D eigenvalue weighted by Gasteiger charge is -2.31. The third-order valence-corrected chi connectivity index (χ3v) is 3.44. The summed E-state index contributed by atoms with van der Waals surface area (Å²) >= 11 is 0. The number of amides is 2. The first-order valence-electron chi connectivity index (χ1n) is 6.54. The molecule has 1 aromatic carbocycles. The molecule has 2 rings (SSSR count). The average Bonchev–Trinajstić information content (AvgIpc) is 2.48. The van der Waals surface area contributed by atoms with Crippen LogP contribution in [0.25, 0.3) is 0 Å². The second-order valence-corrected chi connectivity index (χ2v) is 4.91. The summed E-state index contributed by atoms with van der Waals surface area (Å²) in [6.07, 6.45) is -0.605. The van der Waals surface area contributed by atoms with Crippen molar-refractivity contribution in [2.24, 2.45) is 5.73 Å². The second-order valence-electron chi connectivity index (χ2n) is 4.91. The molecule has 0 radical (unpaired) electrons. The summed E-state index contributed by atoms with van der Waals surface area (Å²) in [6, 6.07) is 8.93. The third kappa shape index (κ3) is 2.97. The Hall–Kier alpha value is -1.92. The molecule has 2 amide bonds. The lowest BCUT2D eigenvalue weighted by atomic mass is 9.91. The van der Waals surface area contributed by atoms with Gasteiger partial charge >= 0.3 is 0 Å². The molecular weight excluding hydrogens is 258 g/mol. The highest BCUT2D eigenvalue weighted by molar-refractivity contribution is 5.92. The van der Waals surface area contributed by atoms with Crippen molar-refractivity contribution < 1.29 is 14.3 Å². The predicted octanol–water partition coefficient (Wildman–Crippen LogP) is -0.508. The fraction of sp³-hybridized carbons (Fsp3) is 0.429. The van der Waals surface area contributed by atoms with E-state index in [-0.39, 0.29) is 5.91 Å². The van der Waals surface area contributed by atoms with Crippen LogP contribution in [-0.2, 0) is 19.9 Å². The molecule has 6 heteroatoms. The number of hydrogen-bond acceptors (Lipinski definition) is 4. The van der Waals surface area contributed by atoms with Gasteiger partial charge in [-0.1, -0.05) is 30.3 Å². The van der Waals surface area contributed by atoms with Crippen LogP contribution in [0.4, 0.5) is 0 Å². The Labute approximate surface area is 117 Å². The fourth-order valence-corrected chi connectivity index (χ4v) is 2.11. The van der Waals surface area contributed by atoms with Gasteiger partial charge in [0.1, 0.15) is 11.6 Å². The molecule has 0 aliphatic carbocycles. The minimum Gasteiger partial charge on any atom is -0.367 e. The van der Waals surface area contributed by atoms with Gasteiger partial charge in [-0.3, -0.25) is 9.59 Å². The van der Waals surface area contributed by atoms with Gasteiger partial charge in [-0.05, 0) is 12.5 Å². The van der Waals surface area contributed by atoms with Crippen molar-refractivity contribution in [3.05, 3.63) is 35.9 Å². The van der Waals surface area contributed by atoms with Gasteiger partial charge in [0.2, 0.25) is 5.91 Å². The van der Waals surface area contributed by atoms with E-state index in [0.717, 1.165) is 6.54 Å². The van der Waals surface area contributed by atoms with Gasteiger partial charge in [0.25, 0.3) is 5.91 Å². The number of primary amides is 1. The van der Waals surface area contributed by atoms with Gasteiger partial charge in [-0.15, -0.1) is 0 Å². The molecule has 108 valence electrons. The molecule has 0 bridgehead atoms. The number of nitrogens with one attached hydrogen (secondary N) is 2. The highest BCUT2D eigenvalue weighted by Crippen LogP contribution is 2.20. The minimum absolute atomic E-state index is 0.345. The molecule has 1 aliphatic heterocycles. The van der Waals surface area contributed by atoms with Crippen molar-refractivity contribution in [1.82, 2.24) is 10.6 Å². The maximum absolute atomic E-state index is 12.2. The standard InChI is InChI=1S/C14H19N3O3/c1-14(13(15)19,10-5-3-2-4-6-10)17-12(18)11-9-16-7-8-20-11/h2-6,11,16H,7-9H2,1H3,(H2,15,19)(H,17,18). The number of hydrogen-bond donors (Lipinski definition) is 3. The largest absolute Gasteiger partial charge is 0.367 e. The molecule has 1 aromatic rings. The lowest BCUT2D eigenvalue weighted by molar-refractivity contribution is -0.140. The SMILES string of the molecule is CC(NC(=O)C1CNCCO1)(C(N)=O)c1ccccc1. The van der Waals surface area contributed by atoms with E-state index in [2.05, 4.69) is 10.6 Å². The zero-order valence-electron chi connectivity index (χ0n) is 11.4. The van der Waals surface area contributed by atoms with Gasteiger partial charge in [-0.25, -0.2) is 0 Å². The molecule has 4 N–H and O–H groups in total. The molecular formula is C14H19N3O3. The molecule has 1 heterocycles. The molecule has 0 spiro atoms. The molecule has 6 nitrogen and oxygen atoms in total. The monoisotopic (exact) mass is 277 g/mol. The Kier molecular flexibility index (Phi) is 4.36. The van der Waals surface area contributed by atoms with Crippen LogP contribution in [0.15, 0.2) is 30.3 Å². The van der Waals surface area contributed by atoms with Crippen molar-refractivity contribution in [2.75, 3.05) is 19.7 Å². The Morgan fingerprint density at radius 2 is 2.10 bits per heavy atom. The van der Waals surface area contributed by atoms with Crippen LogP contribution in [0.2, 0.25) is 0 Å². The summed E-state index contributed by atoms with van der Waals surface area (Å²) in [5, 5.41) is 5.77. The third-order valence-electron chi connectivity index (χ3n) is 3.44. The highest BCUT2D eigenvalue weighted by atomic mass is 16.5. The van der Waals surface area contributed by atoms with E-state index in [9.17, 15) is 9.59 Å². The van der Waals surface area contributed by atoms with E-state index in [1.165, 1.54) is 0 Å². The summed E-state index contributed by atoms with van der Waals surface area (Å²) in [7, 11) is 0. The lowest BCUT2D eigenvalue weighted by Crippen LogP contribution is -2.57. The molecule has 2 atom stereocenters. The van der Waals surface area contributed by atoms with Crippen molar-refractivity contribution >= 4 is 11.8 Å². The van der Waals surface area contributed by atoms with Crippen LogP contribution < -0.4 is 16.4 Å². The number of rotatable bonds is 4. The van der Waals surface area contributed by atoms with Crippen LogP contribution in [0.3, 0.4) is 0 Å². The molecule has 20 heavy (non-hydrogen) atoms. The normalized spacial score (nSPS) is 21.8. The first kappa shape index (κ1) is 14.5. The molecule has 1 aliphatic rings. The van der Waals surface area contributed by atoms with Gasteiger partial charge in [-0.2, -0.15) is 0 Å². The number of morpholine rings is 1. The Morgan fingerprint density at radius 3 is 2.65 bits per heavy atom. The van der Waals surface area contributed by atoms with Gasteiger partial charge < -0.3 is 21.1 Å². The van der Waals surface area contributed by atoms with E-state index in [1.807, 2.05) is 6.07 Å². The van der Waals surface area contributed by atoms with Crippen LogP contribution in [0.5, 0.6) is 0 Å². The zero-order valence-corrected chi connectivity index (χ0v) is 11.4. The summed E-state index contributed by atoms with van der Waals surface area (Å²) in [6.45, 7) is 3.21. The van der Waals surface area contributed by atoms with E-state index < -0.39 is 17.6 Å². The summed E-state index contributed by atoms with van der Waals surface area (Å²) < 4.78 is 5.37. The maximum Gasteiger partial charge on any atom is 0.251 e. The van der Waals surface area contributed by atoms with Crippen molar-refractivity contribution in [2.45, 2.75) is 18.6 Å². The number of benzene rings is 1. The zero-order chi connectivity index (χ0) is 14.6. The molecule has 2 unspecified atom stereocenters. The maximum atomic E-state index is 12.2. The van der Waals surface area contributed by atoms with Gasteiger partial charge in [0.15, 0.2) is 0 Å². The highest BCUT2D eigenvalue weighted by Gasteiger charge is 2.37. The summed E-state index contributed by atoms with van der Waals surface area (Å²) in [5.41, 5.74) is 4.86. The van der Waals surface area contributed by atoms with Gasteiger partial charge in [0, 0.05) is 13.1 Å². The Morgan fingerprint density at radius 1 is 1.40 bits per heavy atom. The predicted molar refractivity (Wildman–Crippen MR) is 73.7 cm³/mol. The quantitative estimate of drug-likeness (QED) is 0.691.